The van der Waals surface area contributed by atoms with Gasteiger partial charge in [0.25, 0.3) is 0 Å². The SMILES string of the molecule is CCc1c(NC)ncnc1-n1ccc(C)n1. The second-order valence-electron chi connectivity index (χ2n) is 3.53. The molecule has 84 valence electrons. The van der Waals surface area contributed by atoms with Crippen LogP contribution in [0.5, 0.6) is 0 Å². The summed E-state index contributed by atoms with van der Waals surface area (Å²) in [6, 6.07) is 1.96. The van der Waals surface area contributed by atoms with Crippen LogP contribution in [0.2, 0.25) is 0 Å². The summed E-state index contributed by atoms with van der Waals surface area (Å²) in [5, 5.41) is 7.43. The van der Waals surface area contributed by atoms with Gasteiger partial charge in [0.05, 0.1) is 5.69 Å². The average molecular weight is 217 g/mol. The van der Waals surface area contributed by atoms with Crippen LogP contribution in [0.25, 0.3) is 5.82 Å². The van der Waals surface area contributed by atoms with Crippen LogP contribution < -0.4 is 5.32 Å². The normalized spacial score (nSPS) is 10.4. The van der Waals surface area contributed by atoms with E-state index in [1.165, 1.54) is 0 Å². The standard InChI is InChI=1S/C11H15N5/c1-4-9-10(12-3)13-7-14-11(9)16-6-5-8(2)15-16/h5-7H,4H2,1-3H3,(H,12,13,14). The highest BCUT2D eigenvalue weighted by molar-refractivity contribution is 5.51. The minimum Gasteiger partial charge on any atom is -0.373 e. The van der Waals surface area contributed by atoms with E-state index in [0.29, 0.717) is 0 Å². The van der Waals surface area contributed by atoms with Gasteiger partial charge in [0.1, 0.15) is 12.1 Å². The zero-order valence-electron chi connectivity index (χ0n) is 9.73. The van der Waals surface area contributed by atoms with E-state index in [9.17, 15) is 0 Å². The molecule has 0 radical (unpaired) electrons. The molecule has 2 rings (SSSR count). The van der Waals surface area contributed by atoms with Crippen molar-refractivity contribution < 1.29 is 0 Å². The molecule has 0 amide bonds. The molecule has 0 unspecified atom stereocenters. The Morgan fingerprint density at radius 3 is 2.75 bits per heavy atom. The first-order valence-electron chi connectivity index (χ1n) is 5.30. The number of nitrogens with one attached hydrogen (secondary N) is 1. The Balaban J connectivity index is 2.56. The maximum Gasteiger partial charge on any atom is 0.161 e. The van der Waals surface area contributed by atoms with E-state index in [-0.39, 0.29) is 0 Å². The third kappa shape index (κ3) is 1.76. The Bertz CT molecular complexity index is 489. The van der Waals surface area contributed by atoms with Gasteiger partial charge in [0.2, 0.25) is 0 Å². The van der Waals surface area contributed by atoms with Gasteiger partial charge in [-0.2, -0.15) is 5.10 Å². The Morgan fingerprint density at radius 2 is 2.19 bits per heavy atom. The third-order valence-corrected chi connectivity index (χ3v) is 2.45. The monoisotopic (exact) mass is 217 g/mol. The highest BCUT2D eigenvalue weighted by Gasteiger charge is 2.10. The van der Waals surface area contributed by atoms with Crippen molar-refractivity contribution >= 4 is 5.82 Å². The maximum atomic E-state index is 4.36. The Kier molecular flexibility index (Phi) is 2.85. The minimum atomic E-state index is 0.843. The lowest BCUT2D eigenvalue weighted by atomic mass is 10.2. The fourth-order valence-corrected chi connectivity index (χ4v) is 1.67. The zero-order chi connectivity index (χ0) is 11.5. The number of aryl methyl sites for hydroxylation is 1. The van der Waals surface area contributed by atoms with Crippen molar-refractivity contribution in [3.05, 3.63) is 29.8 Å². The van der Waals surface area contributed by atoms with Crippen LogP contribution in [0.1, 0.15) is 18.2 Å². The van der Waals surface area contributed by atoms with E-state index in [1.807, 2.05) is 26.2 Å². The number of hydrogen-bond donors (Lipinski definition) is 1. The highest BCUT2D eigenvalue weighted by Crippen LogP contribution is 2.18. The summed E-state index contributed by atoms with van der Waals surface area (Å²) < 4.78 is 1.79. The van der Waals surface area contributed by atoms with Crippen LogP contribution in [-0.2, 0) is 6.42 Å². The summed E-state index contributed by atoms with van der Waals surface area (Å²) >= 11 is 0. The summed E-state index contributed by atoms with van der Waals surface area (Å²) in [7, 11) is 1.86. The molecule has 1 N–H and O–H groups in total. The lowest BCUT2D eigenvalue weighted by Gasteiger charge is -2.10. The lowest BCUT2D eigenvalue weighted by Crippen LogP contribution is -2.08. The van der Waals surface area contributed by atoms with Crippen molar-refractivity contribution in [2.24, 2.45) is 0 Å². The van der Waals surface area contributed by atoms with Gasteiger partial charge in [-0.3, -0.25) is 0 Å². The summed E-state index contributed by atoms with van der Waals surface area (Å²) in [5.74, 6) is 1.70. The van der Waals surface area contributed by atoms with Crippen molar-refractivity contribution in [3.63, 3.8) is 0 Å². The van der Waals surface area contributed by atoms with Gasteiger partial charge in [0.15, 0.2) is 5.82 Å². The van der Waals surface area contributed by atoms with Gasteiger partial charge in [-0.15, -0.1) is 0 Å². The van der Waals surface area contributed by atoms with E-state index in [0.717, 1.165) is 29.3 Å². The molecule has 0 aliphatic rings. The zero-order valence-corrected chi connectivity index (χ0v) is 9.73. The van der Waals surface area contributed by atoms with Crippen LogP contribution >= 0.6 is 0 Å². The number of anilines is 1. The second-order valence-corrected chi connectivity index (χ2v) is 3.53. The van der Waals surface area contributed by atoms with Crippen molar-refractivity contribution in [2.45, 2.75) is 20.3 Å². The van der Waals surface area contributed by atoms with Crippen molar-refractivity contribution in [2.75, 3.05) is 12.4 Å². The molecular weight excluding hydrogens is 202 g/mol. The molecule has 2 aromatic rings. The second kappa shape index (κ2) is 4.30. The number of rotatable bonds is 3. The molecule has 0 saturated carbocycles. The van der Waals surface area contributed by atoms with Gasteiger partial charge in [0, 0.05) is 18.8 Å². The fourth-order valence-electron chi connectivity index (χ4n) is 1.67. The largest absolute Gasteiger partial charge is 0.373 e. The number of nitrogens with zero attached hydrogens (tertiary/aromatic N) is 4. The third-order valence-electron chi connectivity index (χ3n) is 2.45. The van der Waals surface area contributed by atoms with Crippen LogP contribution in [0, 0.1) is 6.92 Å². The van der Waals surface area contributed by atoms with Crippen molar-refractivity contribution in [3.8, 4) is 5.82 Å². The van der Waals surface area contributed by atoms with Crippen LogP contribution in [0.3, 0.4) is 0 Å². The molecule has 0 spiro atoms. The maximum absolute atomic E-state index is 4.36. The fraction of sp³-hybridized carbons (Fsp3) is 0.364. The van der Waals surface area contributed by atoms with E-state index in [1.54, 1.807) is 11.0 Å². The lowest BCUT2D eigenvalue weighted by molar-refractivity contribution is 0.808. The summed E-state index contributed by atoms with van der Waals surface area (Å²) in [5.41, 5.74) is 2.06. The molecule has 5 heteroatoms. The van der Waals surface area contributed by atoms with Gasteiger partial charge in [-0.25, -0.2) is 14.6 Å². The molecule has 5 nitrogen and oxygen atoms in total. The van der Waals surface area contributed by atoms with E-state index < -0.39 is 0 Å². The molecule has 0 aliphatic heterocycles. The topological polar surface area (TPSA) is 55.6 Å². The van der Waals surface area contributed by atoms with Gasteiger partial charge in [-0.05, 0) is 19.4 Å². The molecule has 16 heavy (non-hydrogen) atoms. The molecule has 0 atom stereocenters. The van der Waals surface area contributed by atoms with E-state index in [2.05, 4.69) is 27.3 Å². The predicted molar refractivity (Wildman–Crippen MR) is 62.8 cm³/mol. The summed E-state index contributed by atoms with van der Waals surface area (Å²) in [4.78, 5) is 8.49. The van der Waals surface area contributed by atoms with Crippen LogP contribution in [-0.4, -0.2) is 26.8 Å². The van der Waals surface area contributed by atoms with Crippen LogP contribution in [0.15, 0.2) is 18.6 Å². The molecule has 2 heterocycles. The van der Waals surface area contributed by atoms with Gasteiger partial charge < -0.3 is 5.32 Å². The van der Waals surface area contributed by atoms with Crippen molar-refractivity contribution in [1.82, 2.24) is 19.7 Å². The number of aromatic nitrogens is 4. The Hall–Kier alpha value is -1.91. The first-order chi connectivity index (χ1) is 7.76. The molecule has 0 aromatic carbocycles. The summed E-state index contributed by atoms with van der Waals surface area (Å²) in [6.07, 6.45) is 4.33. The average Bonchev–Trinajstić information content (AvgIpc) is 2.74. The van der Waals surface area contributed by atoms with E-state index >= 15 is 0 Å². The summed E-state index contributed by atoms with van der Waals surface area (Å²) in [6.45, 7) is 4.04. The molecule has 0 fully saturated rings. The van der Waals surface area contributed by atoms with E-state index in [4.69, 9.17) is 0 Å². The molecule has 0 aliphatic carbocycles. The van der Waals surface area contributed by atoms with Crippen molar-refractivity contribution in [1.29, 1.82) is 0 Å². The minimum absolute atomic E-state index is 0.843. The highest BCUT2D eigenvalue weighted by atomic mass is 15.3. The smallest absolute Gasteiger partial charge is 0.161 e. The molecular formula is C11H15N5. The first kappa shape index (κ1) is 10.6. The molecule has 2 aromatic heterocycles. The quantitative estimate of drug-likeness (QED) is 0.848. The Labute approximate surface area is 94.5 Å². The molecule has 0 saturated heterocycles. The number of hydrogen-bond acceptors (Lipinski definition) is 4. The molecule has 0 bridgehead atoms. The Morgan fingerprint density at radius 1 is 1.38 bits per heavy atom. The van der Waals surface area contributed by atoms with Gasteiger partial charge in [-0.1, -0.05) is 6.92 Å². The van der Waals surface area contributed by atoms with Crippen LogP contribution in [0.4, 0.5) is 5.82 Å². The predicted octanol–water partition coefficient (Wildman–Crippen LogP) is 1.57. The van der Waals surface area contributed by atoms with Gasteiger partial charge >= 0.3 is 0 Å². The first-order valence-corrected chi connectivity index (χ1v) is 5.30.